The summed E-state index contributed by atoms with van der Waals surface area (Å²) in [6, 6.07) is 7.19. The molecule has 3 aliphatic heterocycles. The number of carbonyl (C=O) groups excluding carboxylic acids is 3. The Balaban J connectivity index is 1.35. The molecule has 168 valence electrons. The third kappa shape index (κ3) is 4.84. The van der Waals surface area contributed by atoms with Crippen molar-refractivity contribution in [3.05, 3.63) is 24.3 Å². The summed E-state index contributed by atoms with van der Waals surface area (Å²) in [5.74, 6) is -1.14. The molecule has 1 aromatic rings. The van der Waals surface area contributed by atoms with E-state index in [2.05, 4.69) is 10.2 Å². The lowest BCUT2D eigenvalue weighted by Gasteiger charge is -2.32. The van der Waals surface area contributed by atoms with Crippen LogP contribution >= 0.6 is 0 Å². The van der Waals surface area contributed by atoms with E-state index >= 15 is 0 Å². The van der Waals surface area contributed by atoms with Gasteiger partial charge in [-0.25, -0.2) is 8.42 Å². The smallest absolute Gasteiger partial charge is 0.229 e. The van der Waals surface area contributed by atoms with Crippen LogP contribution in [-0.4, -0.2) is 68.2 Å². The van der Waals surface area contributed by atoms with E-state index in [9.17, 15) is 22.8 Å². The number of nitrogens with zero attached hydrogens (tertiary/aromatic N) is 2. The highest BCUT2D eigenvalue weighted by molar-refractivity contribution is 7.91. The third-order valence-corrected chi connectivity index (χ3v) is 8.30. The molecule has 3 aliphatic rings. The van der Waals surface area contributed by atoms with Crippen LogP contribution in [-0.2, 0) is 24.2 Å². The maximum atomic E-state index is 12.8. The number of hydrogen-bond donors (Lipinski definition) is 2. The number of nitrogens with one attached hydrogen (secondary N) is 1. The third-order valence-electron chi connectivity index (χ3n) is 6.55. The molecular formula is C21H28N4O5S. The first-order chi connectivity index (χ1) is 14.7. The van der Waals surface area contributed by atoms with Gasteiger partial charge < -0.3 is 20.9 Å². The van der Waals surface area contributed by atoms with Gasteiger partial charge in [0.2, 0.25) is 17.7 Å². The van der Waals surface area contributed by atoms with E-state index in [1.54, 1.807) is 11.0 Å². The van der Waals surface area contributed by atoms with Crippen LogP contribution in [0.1, 0.15) is 25.7 Å². The van der Waals surface area contributed by atoms with E-state index in [0.29, 0.717) is 24.9 Å². The molecule has 1 aromatic carbocycles. The largest absolute Gasteiger partial charge is 0.371 e. The molecule has 0 aromatic heterocycles. The van der Waals surface area contributed by atoms with Crippen LogP contribution in [0, 0.1) is 11.8 Å². The van der Waals surface area contributed by atoms with Crippen LogP contribution in [0.5, 0.6) is 0 Å². The van der Waals surface area contributed by atoms with Crippen molar-refractivity contribution in [2.24, 2.45) is 17.6 Å². The number of likely N-dealkylation sites (tertiary alicyclic amines) is 1. The molecule has 3 amide bonds. The standard InChI is InChI=1S/C21H28N4O5S/c22-20(27)14-4-7-24(8-5-14)17-3-1-2-16(11-17)23-21(28)15-10-19(26)25(12-15)18-6-9-31(29,30)13-18/h1-3,11,14-15,18H,4-10,12-13H2,(H2,22,27)(H,23,28). The van der Waals surface area contributed by atoms with Gasteiger partial charge in [-0.3, -0.25) is 14.4 Å². The average Bonchev–Trinajstić information content (AvgIpc) is 3.30. The van der Waals surface area contributed by atoms with Crippen LogP contribution in [0.3, 0.4) is 0 Å². The summed E-state index contributed by atoms with van der Waals surface area (Å²) in [5, 5.41) is 2.90. The summed E-state index contributed by atoms with van der Waals surface area (Å²) in [4.78, 5) is 40.3. The molecule has 4 rings (SSSR count). The number of rotatable bonds is 5. The number of anilines is 2. The second-order valence-electron chi connectivity index (χ2n) is 8.71. The SMILES string of the molecule is NC(=O)C1CCN(c2cccc(NC(=O)C3CC(=O)N(C4CCS(=O)(=O)C4)C3)c2)CC1. The van der Waals surface area contributed by atoms with Gasteiger partial charge in [0.05, 0.1) is 17.4 Å². The second-order valence-corrected chi connectivity index (χ2v) is 10.9. The predicted octanol–water partition coefficient (Wildman–Crippen LogP) is 0.362. The number of carbonyl (C=O) groups is 3. The van der Waals surface area contributed by atoms with Crippen molar-refractivity contribution in [2.75, 3.05) is 41.4 Å². The van der Waals surface area contributed by atoms with Crippen molar-refractivity contribution in [3.8, 4) is 0 Å². The normalized spacial score (nSPS) is 26.3. The number of benzene rings is 1. The zero-order chi connectivity index (χ0) is 22.2. The zero-order valence-corrected chi connectivity index (χ0v) is 18.1. The lowest BCUT2D eigenvalue weighted by molar-refractivity contribution is -0.129. The molecule has 10 heteroatoms. The van der Waals surface area contributed by atoms with Gasteiger partial charge in [0.1, 0.15) is 0 Å². The first-order valence-corrected chi connectivity index (χ1v) is 12.5. The number of hydrogen-bond acceptors (Lipinski definition) is 6. The van der Waals surface area contributed by atoms with E-state index < -0.39 is 15.8 Å². The molecule has 2 atom stereocenters. The highest BCUT2D eigenvalue weighted by Crippen LogP contribution is 2.28. The topological polar surface area (TPSA) is 130 Å². The lowest BCUT2D eigenvalue weighted by Crippen LogP contribution is -2.38. The Kier molecular flexibility index (Phi) is 5.92. The van der Waals surface area contributed by atoms with Gasteiger partial charge in [0.15, 0.2) is 9.84 Å². The Bertz CT molecular complexity index is 987. The van der Waals surface area contributed by atoms with E-state index in [4.69, 9.17) is 5.73 Å². The van der Waals surface area contributed by atoms with Gasteiger partial charge in [-0.1, -0.05) is 6.07 Å². The summed E-state index contributed by atoms with van der Waals surface area (Å²) >= 11 is 0. The maximum absolute atomic E-state index is 12.8. The molecule has 31 heavy (non-hydrogen) atoms. The molecule has 0 spiro atoms. The van der Waals surface area contributed by atoms with Crippen molar-refractivity contribution >= 4 is 38.9 Å². The summed E-state index contributed by atoms with van der Waals surface area (Å²) in [6.45, 7) is 1.70. The van der Waals surface area contributed by atoms with Crippen LogP contribution in [0.25, 0.3) is 0 Å². The molecule has 0 aliphatic carbocycles. The molecule has 9 nitrogen and oxygen atoms in total. The molecule has 0 radical (unpaired) electrons. The van der Waals surface area contributed by atoms with Crippen molar-refractivity contribution < 1.29 is 22.8 Å². The Hall–Kier alpha value is -2.62. The molecule has 3 heterocycles. The van der Waals surface area contributed by atoms with Gasteiger partial charge in [0, 0.05) is 49.4 Å². The van der Waals surface area contributed by atoms with Gasteiger partial charge in [0.25, 0.3) is 0 Å². The van der Waals surface area contributed by atoms with E-state index in [1.165, 1.54) is 0 Å². The fourth-order valence-corrected chi connectivity index (χ4v) is 6.46. The first-order valence-electron chi connectivity index (χ1n) is 10.7. The van der Waals surface area contributed by atoms with E-state index in [1.807, 2.05) is 18.2 Å². The Labute approximate surface area is 181 Å². The predicted molar refractivity (Wildman–Crippen MR) is 116 cm³/mol. The molecule has 3 fully saturated rings. The van der Waals surface area contributed by atoms with Crippen LogP contribution in [0.2, 0.25) is 0 Å². The molecule has 0 saturated carbocycles. The van der Waals surface area contributed by atoms with Crippen LogP contribution in [0.4, 0.5) is 11.4 Å². The van der Waals surface area contributed by atoms with Gasteiger partial charge >= 0.3 is 0 Å². The molecule has 0 bridgehead atoms. The van der Waals surface area contributed by atoms with Crippen LogP contribution in [0.15, 0.2) is 24.3 Å². The summed E-state index contributed by atoms with van der Waals surface area (Å²) in [7, 11) is -3.09. The minimum Gasteiger partial charge on any atom is -0.371 e. The summed E-state index contributed by atoms with van der Waals surface area (Å²) in [5.41, 5.74) is 7.01. The number of sulfone groups is 1. The van der Waals surface area contributed by atoms with Gasteiger partial charge in [-0.2, -0.15) is 0 Å². The zero-order valence-electron chi connectivity index (χ0n) is 17.3. The monoisotopic (exact) mass is 448 g/mol. The minimum atomic E-state index is -3.09. The fraction of sp³-hybridized carbons (Fsp3) is 0.571. The average molecular weight is 449 g/mol. The highest BCUT2D eigenvalue weighted by Gasteiger charge is 2.41. The van der Waals surface area contributed by atoms with E-state index in [-0.39, 0.29) is 54.2 Å². The van der Waals surface area contributed by atoms with Crippen molar-refractivity contribution in [1.82, 2.24) is 4.90 Å². The van der Waals surface area contributed by atoms with Crippen molar-refractivity contribution in [2.45, 2.75) is 31.7 Å². The Morgan fingerprint density at radius 2 is 1.84 bits per heavy atom. The van der Waals surface area contributed by atoms with E-state index in [0.717, 1.165) is 18.8 Å². The second kappa shape index (κ2) is 8.49. The van der Waals surface area contributed by atoms with Crippen molar-refractivity contribution in [1.29, 1.82) is 0 Å². The molecule has 2 unspecified atom stereocenters. The highest BCUT2D eigenvalue weighted by atomic mass is 32.2. The van der Waals surface area contributed by atoms with Gasteiger partial charge in [-0.15, -0.1) is 0 Å². The molecule has 3 N–H and O–H groups in total. The van der Waals surface area contributed by atoms with Gasteiger partial charge in [-0.05, 0) is 37.5 Å². The minimum absolute atomic E-state index is 0.0123. The number of amides is 3. The summed E-state index contributed by atoms with van der Waals surface area (Å²) < 4.78 is 23.5. The van der Waals surface area contributed by atoms with Crippen LogP contribution < -0.4 is 16.0 Å². The number of piperidine rings is 1. The Morgan fingerprint density at radius 3 is 2.48 bits per heavy atom. The van der Waals surface area contributed by atoms with Crippen molar-refractivity contribution in [3.63, 3.8) is 0 Å². The lowest BCUT2D eigenvalue weighted by atomic mass is 9.96. The molecule has 3 saturated heterocycles. The summed E-state index contributed by atoms with van der Waals surface area (Å²) in [6.07, 6.45) is 1.96. The quantitative estimate of drug-likeness (QED) is 0.669. The molecular weight excluding hydrogens is 420 g/mol. The maximum Gasteiger partial charge on any atom is 0.229 e. The fourth-order valence-electron chi connectivity index (χ4n) is 4.73. The first kappa shape index (κ1) is 21.6. The Morgan fingerprint density at radius 1 is 1.10 bits per heavy atom. The number of nitrogens with two attached hydrogens (primary N) is 1. The number of primary amides is 1.